The summed E-state index contributed by atoms with van der Waals surface area (Å²) in [6.45, 7) is 6.40. The van der Waals surface area contributed by atoms with E-state index in [0.717, 1.165) is 34.6 Å². The average molecular weight is 330 g/mol. The monoisotopic (exact) mass is 329 g/mol. The standard InChI is InChI=1S/C14H20BrNO3/c1-9(2)19-14-11(13-8-16-4-5-18-13)6-10(15)7-12(14)17-3/h6-7,9,13,16H,4-5,8H2,1-3H3. The summed E-state index contributed by atoms with van der Waals surface area (Å²) in [5.74, 6) is 1.50. The zero-order valence-electron chi connectivity index (χ0n) is 11.5. The summed E-state index contributed by atoms with van der Waals surface area (Å²) in [7, 11) is 1.65. The number of rotatable bonds is 4. The van der Waals surface area contributed by atoms with Crippen molar-refractivity contribution < 1.29 is 14.2 Å². The molecule has 0 radical (unpaired) electrons. The average Bonchev–Trinajstić information content (AvgIpc) is 2.40. The van der Waals surface area contributed by atoms with Crippen LogP contribution in [0.5, 0.6) is 11.5 Å². The maximum Gasteiger partial charge on any atom is 0.167 e. The molecule has 0 saturated carbocycles. The van der Waals surface area contributed by atoms with Crippen molar-refractivity contribution >= 4 is 15.9 Å². The van der Waals surface area contributed by atoms with Gasteiger partial charge in [0.25, 0.3) is 0 Å². The summed E-state index contributed by atoms with van der Waals surface area (Å²) in [6, 6.07) is 3.95. The third kappa shape index (κ3) is 3.61. The summed E-state index contributed by atoms with van der Waals surface area (Å²) in [5.41, 5.74) is 1.02. The van der Waals surface area contributed by atoms with Crippen LogP contribution in [0.1, 0.15) is 25.5 Å². The highest BCUT2D eigenvalue weighted by Crippen LogP contribution is 2.40. The van der Waals surface area contributed by atoms with Crippen LogP contribution in [-0.2, 0) is 4.74 Å². The SMILES string of the molecule is COc1cc(Br)cc(C2CNCCO2)c1OC(C)C. The highest BCUT2D eigenvalue weighted by Gasteiger charge is 2.23. The van der Waals surface area contributed by atoms with Crippen LogP contribution in [-0.4, -0.2) is 32.9 Å². The molecule has 106 valence electrons. The Hall–Kier alpha value is -0.780. The molecule has 4 nitrogen and oxygen atoms in total. The number of methoxy groups -OCH3 is 1. The third-order valence-electron chi connectivity index (χ3n) is 2.90. The van der Waals surface area contributed by atoms with Crippen LogP contribution in [0, 0.1) is 0 Å². The lowest BCUT2D eigenvalue weighted by Gasteiger charge is -2.27. The Morgan fingerprint density at radius 1 is 1.42 bits per heavy atom. The van der Waals surface area contributed by atoms with E-state index in [2.05, 4.69) is 21.2 Å². The van der Waals surface area contributed by atoms with Crippen LogP contribution in [0.2, 0.25) is 0 Å². The van der Waals surface area contributed by atoms with Crippen LogP contribution >= 0.6 is 15.9 Å². The third-order valence-corrected chi connectivity index (χ3v) is 3.35. The normalized spacial score (nSPS) is 19.5. The quantitative estimate of drug-likeness (QED) is 0.921. The molecular weight excluding hydrogens is 310 g/mol. The second kappa shape index (κ2) is 6.59. The Morgan fingerprint density at radius 3 is 2.79 bits per heavy atom. The molecule has 1 heterocycles. The molecule has 0 aromatic heterocycles. The molecule has 1 fully saturated rings. The molecule has 1 aromatic carbocycles. The Labute approximate surface area is 122 Å². The van der Waals surface area contributed by atoms with Gasteiger partial charge in [-0.15, -0.1) is 0 Å². The van der Waals surface area contributed by atoms with Gasteiger partial charge in [-0.05, 0) is 26.0 Å². The topological polar surface area (TPSA) is 39.7 Å². The number of hydrogen-bond donors (Lipinski definition) is 1. The van der Waals surface area contributed by atoms with E-state index in [1.54, 1.807) is 7.11 Å². The van der Waals surface area contributed by atoms with E-state index in [4.69, 9.17) is 14.2 Å². The minimum absolute atomic E-state index is 0.00565. The Bertz CT molecular complexity index is 431. The Morgan fingerprint density at radius 2 is 2.21 bits per heavy atom. The fourth-order valence-corrected chi connectivity index (χ4v) is 2.56. The van der Waals surface area contributed by atoms with E-state index < -0.39 is 0 Å². The molecular formula is C14H20BrNO3. The van der Waals surface area contributed by atoms with Crippen molar-refractivity contribution in [2.24, 2.45) is 0 Å². The van der Waals surface area contributed by atoms with E-state index >= 15 is 0 Å². The molecule has 2 rings (SSSR count). The van der Waals surface area contributed by atoms with Crippen molar-refractivity contribution in [2.75, 3.05) is 26.8 Å². The molecule has 1 unspecified atom stereocenters. The van der Waals surface area contributed by atoms with Gasteiger partial charge in [-0.3, -0.25) is 0 Å². The predicted octanol–water partition coefficient (Wildman–Crippen LogP) is 2.91. The molecule has 19 heavy (non-hydrogen) atoms. The molecule has 1 N–H and O–H groups in total. The number of halogens is 1. The van der Waals surface area contributed by atoms with Gasteiger partial charge in [-0.1, -0.05) is 15.9 Å². The lowest BCUT2D eigenvalue weighted by molar-refractivity contribution is 0.0250. The summed E-state index contributed by atoms with van der Waals surface area (Å²) in [6.07, 6.45) is 0.0827. The largest absolute Gasteiger partial charge is 0.493 e. The lowest BCUT2D eigenvalue weighted by Crippen LogP contribution is -2.33. The van der Waals surface area contributed by atoms with Gasteiger partial charge in [-0.25, -0.2) is 0 Å². The van der Waals surface area contributed by atoms with Gasteiger partial charge >= 0.3 is 0 Å². The number of morpholine rings is 1. The first-order chi connectivity index (χ1) is 9.11. The molecule has 1 saturated heterocycles. The van der Waals surface area contributed by atoms with Gasteiger partial charge in [0.05, 0.1) is 25.9 Å². The van der Waals surface area contributed by atoms with Crippen molar-refractivity contribution in [2.45, 2.75) is 26.1 Å². The molecule has 0 spiro atoms. The van der Waals surface area contributed by atoms with E-state index in [0.29, 0.717) is 6.61 Å². The van der Waals surface area contributed by atoms with Gasteiger partial charge in [0.15, 0.2) is 11.5 Å². The van der Waals surface area contributed by atoms with Crippen molar-refractivity contribution in [3.05, 3.63) is 22.2 Å². The first kappa shape index (κ1) is 14.6. The first-order valence-electron chi connectivity index (χ1n) is 6.48. The van der Waals surface area contributed by atoms with Gasteiger partial charge in [0, 0.05) is 23.1 Å². The van der Waals surface area contributed by atoms with E-state index in [1.807, 2.05) is 26.0 Å². The summed E-state index contributed by atoms with van der Waals surface area (Å²) < 4.78 is 18.1. The van der Waals surface area contributed by atoms with Crippen LogP contribution < -0.4 is 14.8 Å². The number of benzene rings is 1. The van der Waals surface area contributed by atoms with Gasteiger partial charge < -0.3 is 19.5 Å². The van der Waals surface area contributed by atoms with Gasteiger partial charge in [0.1, 0.15) is 0 Å². The molecule has 5 heteroatoms. The van der Waals surface area contributed by atoms with E-state index in [-0.39, 0.29) is 12.2 Å². The lowest BCUT2D eigenvalue weighted by atomic mass is 10.1. The fraction of sp³-hybridized carbons (Fsp3) is 0.571. The van der Waals surface area contributed by atoms with Crippen LogP contribution in [0.15, 0.2) is 16.6 Å². The Kier molecular flexibility index (Phi) is 5.07. The fourth-order valence-electron chi connectivity index (χ4n) is 2.11. The van der Waals surface area contributed by atoms with Crippen molar-refractivity contribution in [3.8, 4) is 11.5 Å². The summed E-state index contributed by atoms with van der Waals surface area (Å²) >= 11 is 3.51. The van der Waals surface area contributed by atoms with Gasteiger partial charge in [-0.2, -0.15) is 0 Å². The number of nitrogens with one attached hydrogen (secondary N) is 1. The number of ether oxygens (including phenoxy) is 3. The second-order valence-corrected chi connectivity index (χ2v) is 5.67. The molecule has 0 bridgehead atoms. The molecule has 1 aliphatic heterocycles. The zero-order valence-corrected chi connectivity index (χ0v) is 13.1. The van der Waals surface area contributed by atoms with Crippen LogP contribution in [0.3, 0.4) is 0 Å². The molecule has 1 aromatic rings. The highest BCUT2D eigenvalue weighted by atomic mass is 79.9. The summed E-state index contributed by atoms with van der Waals surface area (Å²) in [5, 5.41) is 3.33. The smallest absolute Gasteiger partial charge is 0.167 e. The molecule has 1 atom stereocenters. The zero-order chi connectivity index (χ0) is 13.8. The second-order valence-electron chi connectivity index (χ2n) is 4.76. The van der Waals surface area contributed by atoms with Crippen molar-refractivity contribution in [3.63, 3.8) is 0 Å². The minimum Gasteiger partial charge on any atom is -0.493 e. The maximum atomic E-state index is 5.92. The van der Waals surface area contributed by atoms with Crippen LogP contribution in [0.4, 0.5) is 0 Å². The van der Waals surface area contributed by atoms with Crippen molar-refractivity contribution in [1.82, 2.24) is 5.32 Å². The molecule has 0 aliphatic carbocycles. The molecule has 1 aliphatic rings. The van der Waals surface area contributed by atoms with Crippen LogP contribution in [0.25, 0.3) is 0 Å². The molecule has 0 amide bonds. The van der Waals surface area contributed by atoms with E-state index in [9.17, 15) is 0 Å². The number of hydrogen-bond acceptors (Lipinski definition) is 4. The van der Waals surface area contributed by atoms with Crippen molar-refractivity contribution in [1.29, 1.82) is 0 Å². The first-order valence-corrected chi connectivity index (χ1v) is 7.27. The minimum atomic E-state index is -0.00565. The highest BCUT2D eigenvalue weighted by molar-refractivity contribution is 9.10. The van der Waals surface area contributed by atoms with Gasteiger partial charge in [0.2, 0.25) is 0 Å². The summed E-state index contributed by atoms with van der Waals surface area (Å²) in [4.78, 5) is 0. The maximum absolute atomic E-state index is 5.92. The van der Waals surface area contributed by atoms with E-state index in [1.165, 1.54) is 0 Å². The predicted molar refractivity (Wildman–Crippen MR) is 78.0 cm³/mol. The Balaban J connectivity index is 2.40.